The van der Waals surface area contributed by atoms with Gasteiger partial charge >= 0.3 is 0 Å². The van der Waals surface area contributed by atoms with Crippen LogP contribution in [0.4, 0.5) is 17.5 Å². The highest BCUT2D eigenvalue weighted by Gasteiger charge is 2.19. The fourth-order valence-electron chi connectivity index (χ4n) is 2.91. The van der Waals surface area contributed by atoms with Gasteiger partial charge in [-0.15, -0.1) is 0 Å². The Labute approximate surface area is 161 Å². The quantitative estimate of drug-likeness (QED) is 0.572. The number of hydrogen-bond donors (Lipinski definition) is 2. The van der Waals surface area contributed by atoms with Crippen LogP contribution in [-0.2, 0) is 7.05 Å². The molecule has 0 aliphatic heterocycles. The van der Waals surface area contributed by atoms with Crippen molar-refractivity contribution in [3.8, 4) is 22.5 Å². The van der Waals surface area contributed by atoms with E-state index in [0.29, 0.717) is 22.8 Å². The molecule has 4 aromatic rings. The average Bonchev–Trinajstić information content (AvgIpc) is 2.71. The number of nitrogens with two attached hydrogens (primary N) is 1. The highest BCUT2D eigenvalue weighted by molar-refractivity contribution is 5.88. The van der Waals surface area contributed by atoms with Crippen molar-refractivity contribution in [2.24, 2.45) is 7.05 Å². The number of hydrogen-bond acceptors (Lipinski definition) is 6. The molecular weight excluding hydrogens is 352 g/mol. The van der Waals surface area contributed by atoms with E-state index < -0.39 is 0 Å². The summed E-state index contributed by atoms with van der Waals surface area (Å²) in [6.45, 7) is 0. The third-order valence-corrected chi connectivity index (χ3v) is 4.23. The summed E-state index contributed by atoms with van der Waals surface area (Å²) in [5, 5.41) is 7.70. The second-order valence-electron chi connectivity index (χ2n) is 6.19. The zero-order chi connectivity index (χ0) is 19.5. The molecule has 0 fully saturated rings. The monoisotopic (exact) mass is 370 g/mol. The van der Waals surface area contributed by atoms with Gasteiger partial charge in [0.25, 0.3) is 5.56 Å². The summed E-state index contributed by atoms with van der Waals surface area (Å²) in [6, 6.07) is 22.5. The van der Waals surface area contributed by atoms with Crippen LogP contribution in [0.25, 0.3) is 22.5 Å². The number of rotatable bonds is 4. The Bertz CT molecular complexity index is 1170. The number of para-hydroxylation sites is 1. The van der Waals surface area contributed by atoms with Gasteiger partial charge in [-0.05, 0) is 18.2 Å². The standard InChI is InChI=1S/C21H18N6O/c1-27-17(28)13-12-16(26-27)18-19(14-8-4-2-5-9-14)24-21(22)25-20(18)23-15-10-6-3-7-11-15/h2-13H,1H3,(H3,22,23,24,25). The van der Waals surface area contributed by atoms with Gasteiger partial charge in [-0.25, -0.2) is 9.67 Å². The molecule has 0 atom stereocenters. The lowest BCUT2D eigenvalue weighted by molar-refractivity contribution is 0.712. The molecule has 0 bridgehead atoms. The number of aromatic nitrogens is 4. The molecule has 0 radical (unpaired) electrons. The predicted octanol–water partition coefficient (Wildman–Crippen LogP) is 3.23. The summed E-state index contributed by atoms with van der Waals surface area (Å²) in [7, 11) is 1.61. The first kappa shape index (κ1) is 17.4. The van der Waals surface area contributed by atoms with Gasteiger partial charge in [-0.3, -0.25) is 4.79 Å². The normalized spacial score (nSPS) is 10.6. The van der Waals surface area contributed by atoms with Gasteiger partial charge in [-0.1, -0.05) is 48.5 Å². The van der Waals surface area contributed by atoms with Crippen molar-refractivity contribution >= 4 is 17.5 Å². The largest absolute Gasteiger partial charge is 0.368 e. The zero-order valence-corrected chi connectivity index (χ0v) is 15.2. The summed E-state index contributed by atoms with van der Waals surface area (Å²) in [5.74, 6) is 0.662. The predicted molar refractivity (Wildman–Crippen MR) is 110 cm³/mol. The van der Waals surface area contributed by atoms with Gasteiger partial charge in [0.1, 0.15) is 5.82 Å². The minimum atomic E-state index is -0.195. The molecule has 7 nitrogen and oxygen atoms in total. The van der Waals surface area contributed by atoms with Gasteiger partial charge in [0.15, 0.2) is 0 Å². The van der Waals surface area contributed by atoms with Crippen molar-refractivity contribution in [2.75, 3.05) is 11.1 Å². The minimum Gasteiger partial charge on any atom is -0.368 e. The molecule has 28 heavy (non-hydrogen) atoms. The number of aryl methyl sites for hydroxylation is 1. The van der Waals surface area contributed by atoms with Crippen LogP contribution in [0, 0.1) is 0 Å². The number of nitrogens with zero attached hydrogens (tertiary/aromatic N) is 4. The molecule has 0 unspecified atom stereocenters. The second kappa shape index (κ2) is 7.32. The van der Waals surface area contributed by atoms with Crippen molar-refractivity contribution in [3.05, 3.63) is 83.2 Å². The van der Waals surface area contributed by atoms with Crippen molar-refractivity contribution < 1.29 is 0 Å². The van der Waals surface area contributed by atoms with Gasteiger partial charge in [0, 0.05) is 24.4 Å². The van der Waals surface area contributed by atoms with Crippen molar-refractivity contribution in [2.45, 2.75) is 0 Å². The molecular formula is C21H18N6O. The molecule has 138 valence electrons. The molecule has 2 heterocycles. The molecule has 2 aromatic carbocycles. The van der Waals surface area contributed by atoms with Gasteiger partial charge in [0.2, 0.25) is 5.95 Å². The van der Waals surface area contributed by atoms with Crippen molar-refractivity contribution in [3.63, 3.8) is 0 Å². The van der Waals surface area contributed by atoms with E-state index in [1.54, 1.807) is 13.1 Å². The Morgan fingerprint density at radius 1 is 0.893 bits per heavy atom. The lowest BCUT2D eigenvalue weighted by atomic mass is 10.0. The molecule has 0 saturated carbocycles. The molecule has 2 aromatic heterocycles. The highest BCUT2D eigenvalue weighted by Crippen LogP contribution is 2.36. The second-order valence-corrected chi connectivity index (χ2v) is 6.19. The summed E-state index contributed by atoms with van der Waals surface area (Å²) in [4.78, 5) is 20.7. The van der Waals surface area contributed by atoms with Crippen molar-refractivity contribution in [1.29, 1.82) is 0 Å². The molecule has 3 N–H and O–H groups in total. The Morgan fingerprint density at radius 2 is 1.57 bits per heavy atom. The fourth-order valence-corrected chi connectivity index (χ4v) is 2.91. The zero-order valence-electron chi connectivity index (χ0n) is 15.2. The Hall–Kier alpha value is -4.00. The maximum absolute atomic E-state index is 11.8. The number of anilines is 3. The van der Waals surface area contributed by atoms with Crippen molar-refractivity contribution in [1.82, 2.24) is 19.7 Å². The lowest BCUT2D eigenvalue weighted by Crippen LogP contribution is -2.18. The minimum absolute atomic E-state index is 0.144. The van der Waals surface area contributed by atoms with Crippen LogP contribution in [0.15, 0.2) is 77.6 Å². The molecule has 0 saturated heterocycles. The Morgan fingerprint density at radius 3 is 2.25 bits per heavy atom. The van der Waals surface area contributed by atoms with Gasteiger partial charge in [-0.2, -0.15) is 10.1 Å². The fraction of sp³-hybridized carbons (Fsp3) is 0.0476. The maximum Gasteiger partial charge on any atom is 0.266 e. The van der Waals surface area contributed by atoms with Gasteiger partial charge < -0.3 is 11.1 Å². The molecule has 0 aliphatic rings. The summed E-state index contributed by atoms with van der Waals surface area (Å²) in [5.41, 5.74) is 9.42. The van der Waals surface area contributed by atoms with E-state index in [0.717, 1.165) is 11.3 Å². The first-order valence-electron chi connectivity index (χ1n) is 8.71. The van der Waals surface area contributed by atoms with Gasteiger partial charge in [0.05, 0.1) is 17.0 Å². The van der Waals surface area contributed by atoms with Crippen LogP contribution in [0.1, 0.15) is 0 Å². The highest BCUT2D eigenvalue weighted by atomic mass is 16.1. The molecule has 0 spiro atoms. The first-order valence-corrected chi connectivity index (χ1v) is 8.71. The van der Waals surface area contributed by atoms with E-state index in [-0.39, 0.29) is 11.5 Å². The summed E-state index contributed by atoms with van der Waals surface area (Å²) in [6.07, 6.45) is 0. The maximum atomic E-state index is 11.8. The molecule has 0 aliphatic carbocycles. The molecule has 7 heteroatoms. The molecule has 0 amide bonds. The first-order chi connectivity index (χ1) is 13.6. The van der Waals surface area contributed by atoms with Crippen LogP contribution in [0.5, 0.6) is 0 Å². The Balaban J connectivity index is 1.98. The van der Waals surface area contributed by atoms with E-state index in [9.17, 15) is 4.79 Å². The third-order valence-electron chi connectivity index (χ3n) is 4.23. The van der Waals surface area contributed by atoms with E-state index in [1.165, 1.54) is 10.7 Å². The van der Waals surface area contributed by atoms with E-state index in [2.05, 4.69) is 20.4 Å². The summed E-state index contributed by atoms with van der Waals surface area (Å²) < 4.78 is 1.28. The number of benzene rings is 2. The average molecular weight is 370 g/mol. The SMILES string of the molecule is Cn1nc(-c2c(Nc3ccccc3)nc(N)nc2-c2ccccc2)ccc1=O. The van der Waals surface area contributed by atoms with Crippen LogP contribution in [0.3, 0.4) is 0 Å². The topological polar surface area (TPSA) is 98.7 Å². The Kier molecular flexibility index (Phi) is 4.55. The van der Waals surface area contributed by atoms with Crippen LogP contribution in [-0.4, -0.2) is 19.7 Å². The molecule has 4 rings (SSSR count). The number of nitrogen functional groups attached to an aromatic ring is 1. The van der Waals surface area contributed by atoms with E-state index >= 15 is 0 Å². The number of nitrogens with one attached hydrogen (secondary N) is 1. The third kappa shape index (κ3) is 3.45. The van der Waals surface area contributed by atoms with Crippen LogP contribution >= 0.6 is 0 Å². The summed E-state index contributed by atoms with van der Waals surface area (Å²) >= 11 is 0. The van der Waals surface area contributed by atoms with Crippen LogP contribution < -0.4 is 16.6 Å². The smallest absolute Gasteiger partial charge is 0.266 e. The van der Waals surface area contributed by atoms with E-state index in [4.69, 9.17) is 5.73 Å². The lowest BCUT2D eigenvalue weighted by Gasteiger charge is -2.16. The van der Waals surface area contributed by atoms with E-state index in [1.807, 2.05) is 60.7 Å². The van der Waals surface area contributed by atoms with Crippen LogP contribution in [0.2, 0.25) is 0 Å².